The molecule has 0 aliphatic heterocycles. The Morgan fingerprint density at radius 3 is 2.71 bits per heavy atom. The Balaban J connectivity index is 2.12. The van der Waals surface area contributed by atoms with E-state index >= 15 is 0 Å². The smallest absolute Gasteiger partial charge is 0.333 e. The van der Waals surface area contributed by atoms with E-state index in [2.05, 4.69) is 9.47 Å². The molecule has 0 unspecified atom stereocenters. The molecular weight excluding hydrogens is 208 g/mol. The van der Waals surface area contributed by atoms with Crippen molar-refractivity contribution in [3.05, 3.63) is 12.3 Å². The molecule has 0 aromatic heterocycles. The lowest BCUT2D eigenvalue weighted by atomic mass is 10.4. The van der Waals surface area contributed by atoms with Gasteiger partial charge in [-0.25, -0.2) is 4.79 Å². The van der Waals surface area contributed by atoms with Gasteiger partial charge in [-0.1, -0.05) is 0 Å². The third-order valence-electron chi connectivity index (χ3n) is 1.62. The average Bonchev–Trinajstić information content (AvgIpc) is 2.97. The Bertz CT molecular complexity index is 245. The fourth-order valence-electron chi connectivity index (χ4n) is 0.759. The maximum atomic E-state index is 11.0. The van der Waals surface area contributed by atoms with Gasteiger partial charge >= 0.3 is 11.9 Å². The highest BCUT2D eigenvalue weighted by Crippen LogP contribution is 2.30. The number of alkyl halides is 1. The van der Waals surface area contributed by atoms with Crippen LogP contribution in [0.3, 0.4) is 0 Å². The van der Waals surface area contributed by atoms with E-state index in [0.29, 0.717) is 0 Å². The van der Waals surface area contributed by atoms with E-state index in [4.69, 9.17) is 11.6 Å². The third-order valence-corrected chi connectivity index (χ3v) is 1.77. The van der Waals surface area contributed by atoms with Crippen molar-refractivity contribution in [1.29, 1.82) is 0 Å². The van der Waals surface area contributed by atoms with Gasteiger partial charge in [-0.2, -0.15) is 0 Å². The molecule has 0 heterocycles. The molecule has 5 heteroatoms. The first-order valence-electron chi connectivity index (χ1n) is 4.34. The third kappa shape index (κ3) is 4.28. The summed E-state index contributed by atoms with van der Waals surface area (Å²) in [4.78, 5) is 21.8. The minimum absolute atomic E-state index is 0.0264. The van der Waals surface area contributed by atoms with E-state index in [1.165, 1.54) is 0 Å². The molecule has 0 aromatic rings. The van der Waals surface area contributed by atoms with Crippen molar-refractivity contribution < 1.29 is 19.1 Å². The number of halogens is 1. The van der Waals surface area contributed by atoms with Crippen LogP contribution in [-0.2, 0) is 19.1 Å². The van der Waals surface area contributed by atoms with Crippen LogP contribution in [0.4, 0.5) is 0 Å². The number of ether oxygens (including phenoxy) is 2. The molecule has 14 heavy (non-hydrogen) atoms. The fraction of sp³-hybridized carbons (Fsp3) is 0.556. The summed E-state index contributed by atoms with van der Waals surface area (Å²) in [6.45, 7) is 0.154. The molecule has 78 valence electrons. The van der Waals surface area contributed by atoms with Crippen molar-refractivity contribution in [1.82, 2.24) is 0 Å². The Morgan fingerprint density at radius 2 is 2.14 bits per heavy atom. The van der Waals surface area contributed by atoms with Crippen molar-refractivity contribution >= 4 is 23.5 Å². The van der Waals surface area contributed by atoms with E-state index in [-0.39, 0.29) is 24.4 Å². The van der Waals surface area contributed by atoms with Crippen LogP contribution < -0.4 is 0 Å². The van der Waals surface area contributed by atoms with Crippen LogP contribution in [0.5, 0.6) is 0 Å². The van der Waals surface area contributed by atoms with Crippen molar-refractivity contribution in [3.8, 4) is 0 Å². The zero-order valence-electron chi connectivity index (χ0n) is 7.57. The first-order valence-corrected chi connectivity index (χ1v) is 4.87. The lowest BCUT2D eigenvalue weighted by Gasteiger charge is -1.97. The number of hydrogen-bond donors (Lipinski definition) is 0. The van der Waals surface area contributed by atoms with E-state index < -0.39 is 5.97 Å². The van der Waals surface area contributed by atoms with E-state index in [1.54, 1.807) is 0 Å². The molecule has 0 amide bonds. The first kappa shape index (κ1) is 11.0. The van der Waals surface area contributed by atoms with Crippen molar-refractivity contribution in [3.63, 3.8) is 0 Å². The maximum absolute atomic E-state index is 11.0. The fourth-order valence-corrected chi connectivity index (χ4v) is 0.836. The lowest BCUT2D eigenvalue weighted by Crippen LogP contribution is -2.05. The number of esters is 2. The Hall–Kier alpha value is -1.03. The van der Waals surface area contributed by atoms with Crippen LogP contribution in [0, 0.1) is 5.92 Å². The predicted molar refractivity (Wildman–Crippen MR) is 49.6 cm³/mol. The summed E-state index contributed by atoms with van der Waals surface area (Å²) in [6, 6.07) is 0. The van der Waals surface area contributed by atoms with Gasteiger partial charge in [0.15, 0.2) is 0 Å². The zero-order valence-corrected chi connectivity index (χ0v) is 8.33. The van der Waals surface area contributed by atoms with Crippen LogP contribution in [0.1, 0.15) is 12.8 Å². The quantitative estimate of drug-likeness (QED) is 0.302. The second-order valence-corrected chi connectivity index (χ2v) is 3.25. The van der Waals surface area contributed by atoms with Crippen LogP contribution in [0.25, 0.3) is 0 Å². The standard InChI is InChI=1S/C9H11ClO4/c10-4-6-13-8(11)3-5-14-9(12)7-1-2-7/h3,5,7H,1-2,4,6H2/b5-3-. The summed E-state index contributed by atoms with van der Waals surface area (Å²) in [5.74, 6) is -0.569. The van der Waals surface area contributed by atoms with Gasteiger partial charge in [0.2, 0.25) is 0 Å². The van der Waals surface area contributed by atoms with Crippen LogP contribution >= 0.6 is 11.6 Å². The van der Waals surface area contributed by atoms with Gasteiger partial charge in [0.25, 0.3) is 0 Å². The SMILES string of the molecule is O=C(/C=C\OC(=O)C1CC1)OCCCl. The van der Waals surface area contributed by atoms with Crippen LogP contribution in [-0.4, -0.2) is 24.4 Å². The van der Waals surface area contributed by atoms with E-state index in [0.717, 1.165) is 25.2 Å². The summed E-state index contributed by atoms with van der Waals surface area (Å²) >= 11 is 5.29. The second-order valence-electron chi connectivity index (χ2n) is 2.87. The van der Waals surface area contributed by atoms with Gasteiger partial charge in [0.05, 0.1) is 17.9 Å². The first-order chi connectivity index (χ1) is 6.74. The Kier molecular flexibility index (Phi) is 4.46. The minimum Gasteiger partial charge on any atom is -0.461 e. The molecule has 0 radical (unpaired) electrons. The van der Waals surface area contributed by atoms with E-state index in [9.17, 15) is 9.59 Å². The predicted octanol–water partition coefficient (Wildman–Crippen LogP) is 1.24. The van der Waals surface area contributed by atoms with Crippen LogP contribution in [0.2, 0.25) is 0 Å². The van der Waals surface area contributed by atoms with Crippen molar-refractivity contribution in [2.45, 2.75) is 12.8 Å². The van der Waals surface area contributed by atoms with Gasteiger partial charge in [-0.15, -0.1) is 11.6 Å². The highest BCUT2D eigenvalue weighted by Gasteiger charge is 2.30. The van der Waals surface area contributed by atoms with Gasteiger partial charge in [-0.3, -0.25) is 4.79 Å². The summed E-state index contributed by atoms with van der Waals surface area (Å²) in [5.41, 5.74) is 0. The highest BCUT2D eigenvalue weighted by molar-refractivity contribution is 6.18. The number of rotatable bonds is 5. The molecule has 1 saturated carbocycles. The lowest BCUT2D eigenvalue weighted by molar-refractivity contribution is -0.139. The molecule has 1 fully saturated rings. The second kappa shape index (κ2) is 5.65. The molecule has 0 atom stereocenters. The largest absolute Gasteiger partial charge is 0.461 e. The number of carbonyl (C=O) groups excluding carboxylic acids is 2. The molecule has 4 nitrogen and oxygen atoms in total. The Morgan fingerprint density at radius 1 is 1.43 bits per heavy atom. The van der Waals surface area contributed by atoms with Crippen molar-refractivity contribution in [2.75, 3.05) is 12.5 Å². The molecule has 0 spiro atoms. The molecule has 0 saturated heterocycles. The molecule has 1 aliphatic rings. The average molecular weight is 219 g/mol. The van der Waals surface area contributed by atoms with E-state index in [1.807, 2.05) is 0 Å². The normalized spacial score (nSPS) is 15.5. The van der Waals surface area contributed by atoms with Gasteiger partial charge in [0.1, 0.15) is 12.9 Å². The molecule has 0 aromatic carbocycles. The van der Waals surface area contributed by atoms with Crippen LogP contribution in [0.15, 0.2) is 12.3 Å². The van der Waals surface area contributed by atoms with Crippen molar-refractivity contribution in [2.24, 2.45) is 5.92 Å². The molecular formula is C9H11ClO4. The van der Waals surface area contributed by atoms with Gasteiger partial charge < -0.3 is 9.47 Å². The monoisotopic (exact) mass is 218 g/mol. The summed E-state index contributed by atoms with van der Waals surface area (Å²) in [5, 5.41) is 0. The molecule has 1 aliphatic carbocycles. The summed E-state index contributed by atoms with van der Waals surface area (Å²) < 4.78 is 9.26. The summed E-state index contributed by atoms with van der Waals surface area (Å²) in [6.07, 6.45) is 3.87. The van der Waals surface area contributed by atoms with Gasteiger partial charge in [0, 0.05) is 0 Å². The molecule has 0 N–H and O–H groups in total. The topological polar surface area (TPSA) is 52.6 Å². The Labute approximate surface area is 86.8 Å². The number of carbonyl (C=O) groups is 2. The molecule has 1 rings (SSSR count). The maximum Gasteiger partial charge on any atom is 0.333 e. The highest BCUT2D eigenvalue weighted by atomic mass is 35.5. The summed E-state index contributed by atoms with van der Waals surface area (Å²) in [7, 11) is 0. The number of hydrogen-bond acceptors (Lipinski definition) is 4. The van der Waals surface area contributed by atoms with Gasteiger partial charge in [-0.05, 0) is 12.8 Å². The molecule has 0 bridgehead atoms. The minimum atomic E-state index is -0.561. The zero-order chi connectivity index (χ0) is 10.4.